The largest absolute Gasteiger partial charge is 0.372 e. The molecule has 1 saturated heterocycles. The molecule has 0 aromatic heterocycles. The SMILES string of the molecule is Cc1cccc(NC(=S)N[C@@H](C)c2ccc(N3CCCC3)cc2)c1. The quantitative estimate of drug-likeness (QED) is 0.793. The van der Waals surface area contributed by atoms with Crippen LogP contribution in [0.3, 0.4) is 0 Å². The Morgan fingerprint density at radius 1 is 1.08 bits per heavy atom. The molecule has 2 aromatic rings. The van der Waals surface area contributed by atoms with Crippen molar-refractivity contribution in [3.05, 3.63) is 59.7 Å². The van der Waals surface area contributed by atoms with E-state index in [1.54, 1.807) is 0 Å². The number of rotatable bonds is 4. The summed E-state index contributed by atoms with van der Waals surface area (Å²) in [6, 6.07) is 17.2. The van der Waals surface area contributed by atoms with Crippen LogP contribution in [0.15, 0.2) is 48.5 Å². The highest BCUT2D eigenvalue weighted by atomic mass is 32.1. The van der Waals surface area contributed by atoms with Crippen molar-refractivity contribution in [1.29, 1.82) is 0 Å². The summed E-state index contributed by atoms with van der Waals surface area (Å²) in [5, 5.41) is 7.26. The van der Waals surface area contributed by atoms with Gasteiger partial charge in [0.25, 0.3) is 0 Å². The zero-order chi connectivity index (χ0) is 16.9. The highest BCUT2D eigenvalue weighted by molar-refractivity contribution is 7.80. The molecule has 0 aliphatic carbocycles. The molecule has 0 amide bonds. The molecule has 1 aliphatic heterocycles. The molecule has 2 N–H and O–H groups in total. The van der Waals surface area contributed by atoms with E-state index < -0.39 is 0 Å². The molecular formula is C20H25N3S. The fraction of sp³-hybridized carbons (Fsp3) is 0.350. The average molecular weight is 340 g/mol. The van der Waals surface area contributed by atoms with Crippen molar-refractivity contribution in [2.24, 2.45) is 0 Å². The summed E-state index contributed by atoms with van der Waals surface area (Å²) in [6.45, 7) is 6.57. The first kappa shape index (κ1) is 16.8. The molecular weight excluding hydrogens is 314 g/mol. The number of hydrogen-bond donors (Lipinski definition) is 2. The summed E-state index contributed by atoms with van der Waals surface area (Å²) in [5.74, 6) is 0. The number of nitrogens with one attached hydrogen (secondary N) is 2. The third kappa shape index (κ3) is 4.26. The van der Waals surface area contributed by atoms with Crippen molar-refractivity contribution in [2.75, 3.05) is 23.3 Å². The standard InChI is InChI=1S/C20H25N3S/c1-15-6-5-7-18(14-15)22-20(24)21-16(2)17-8-10-19(11-9-17)23-12-3-4-13-23/h5-11,14,16H,3-4,12-13H2,1-2H3,(H2,21,22,24)/t16-/m0/s1. The molecule has 1 atom stereocenters. The monoisotopic (exact) mass is 339 g/mol. The Morgan fingerprint density at radius 2 is 1.79 bits per heavy atom. The van der Waals surface area contributed by atoms with Gasteiger partial charge in [0.2, 0.25) is 0 Å². The normalized spacial score (nSPS) is 15.2. The molecule has 0 bridgehead atoms. The molecule has 0 radical (unpaired) electrons. The van der Waals surface area contributed by atoms with Crippen LogP contribution in [0.5, 0.6) is 0 Å². The van der Waals surface area contributed by atoms with Gasteiger partial charge in [-0.3, -0.25) is 0 Å². The lowest BCUT2D eigenvalue weighted by Crippen LogP contribution is -2.30. The Morgan fingerprint density at radius 3 is 2.46 bits per heavy atom. The van der Waals surface area contributed by atoms with Gasteiger partial charge in [0.15, 0.2) is 5.11 Å². The van der Waals surface area contributed by atoms with E-state index in [9.17, 15) is 0 Å². The number of benzene rings is 2. The van der Waals surface area contributed by atoms with Crippen LogP contribution in [-0.2, 0) is 0 Å². The predicted octanol–water partition coefficient (Wildman–Crippen LogP) is 4.64. The smallest absolute Gasteiger partial charge is 0.171 e. The zero-order valence-corrected chi connectivity index (χ0v) is 15.2. The summed E-state index contributed by atoms with van der Waals surface area (Å²) in [6.07, 6.45) is 2.61. The van der Waals surface area contributed by atoms with E-state index in [1.807, 2.05) is 12.1 Å². The van der Waals surface area contributed by atoms with Crippen LogP contribution in [0.4, 0.5) is 11.4 Å². The van der Waals surface area contributed by atoms with Gasteiger partial charge in [0.05, 0.1) is 6.04 Å². The van der Waals surface area contributed by atoms with Crippen molar-refractivity contribution in [3.8, 4) is 0 Å². The number of anilines is 2. The van der Waals surface area contributed by atoms with Gasteiger partial charge in [-0.2, -0.15) is 0 Å². The number of hydrogen-bond acceptors (Lipinski definition) is 2. The zero-order valence-electron chi connectivity index (χ0n) is 14.4. The van der Waals surface area contributed by atoms with Gasteiger partial charge in [-0.1, -0.05) is 24.3 Å². The Bertz CT molecular complexity index is 690. The number of aryl methyl sites for hydroxylation is 1. The minimum absolute atomic E-state index is 0.169. The minimum Gasteiger partial charge on any atom is -0.372 e. The molecule has 24 heavy (non-hydrogen) atoms. The van der Waals surface area contributed by atoms with Gasteiger partial charge in [-0.05, 0) is 74.3 Å². The fourth-order valence-electron chi connectivity index (χ4n) is 3.12. The van der Waals surface area contributed by atoms with E-state index in [-0.39, 0.29) is 6.04 Å². The second-order valence-corrected chi connectivity index (χ2v) is 6.88. The molecule has 4 heteroatoms. The van der Waals surface area contributed by atoms with Crippen LogP contribution >= 0.6 is 12.2 Å². The van der Waals surface area contributed by atoms with Gasteiger partial charge < -0.3 is 15.5 Å². The van der Waals surface area contributed by atoms with Crippen molar-refractivity contribution >= 4 is 28.7 Å². The van der Waals surface area contributed by atoms with E-state index in [4.69, 9.17) is 12.2 Å². The van der Waals surface area contributed by atoms with Gasteiger partial charge in [0.1, 0.15) is 0 Å². The molecule has 126 valence electrons. The highest BCUT2D eigenvalue weighted by Crippen LogP contribution is 2.22. The van der Waals surface area contributed by atoms with Crippen LogP contribution in [0.25, 0.3) is 0 Å². The van der Waals surface area contributed by atoms with Crippen LogP contribution < -0.4 is 15.5 Å². The minimum atomic E-state index is 0.169. The first-order chi connectivity index (χ1) is 11.6. The van der Waals surface area contributed by atoms with E-state index in [2.05, 4.69) is 65.8 Å². The summed E-state index contributed by atoms with van der Waals surface area (Å²) in [7, 11) is 0. The molecule has 2 aromatic carbocycles. The molecule has 3 nitrogen and oxygen atoms in total. The van der Waals surface area contributed by atoms with E-state index in [0.29, 0.717) is 5.11 Å². The van der Waals surface area contributed by atoms with E-state index in [1.165, 1.54) is 42.7 Å². The van der Waals surface area contributed by atoms with Crippen LogP contribution in [0, 0.1) is 6.92 Å². The van der Waals surface area contributed by atoms with Crippen LogP contribution in [-0.4, -0.2) is 18.2 Å². The summed E-state index contributed by atoms with van der Waals surface area (Å²) in [5.41, 5.74) is 4.80. The number of thiocarbonyl (C=S) groups is 1. The molecule has 1 aliphatic rings. The Balaban J connectivity index is 1.57. The first-order valence-corrected chi connectivity index (χ1v) is 9.02. The molecule has 1 heterocycles. The molecule has 0 spiro atoms. The fourth-order valence-corrected chi connectivity index (χ4v) is 3.41. The Labute approximate surface area is 150 Å². The summed E-state index contributed by atoms with van der Waals surface area (Å²) < 4.78 is 0. The second kappa shape index (κ2) is 7.67. The lowest BCUT2D eigenvalue weighted by molar-refractivity contribution is 0.722. The Hall–Kier alpha value is -2.07. The van der Waals surface area contributed by atoms with Gasteiger partial charge in [-0.15, -0.1) is 0 Å². The lowest BCUT2D eigenvalue weighted by Gasteiger charge is -2.20. The van der Waals surface area contributed by atoms with Gasteiger partial charge >= 0.3 is 0 Å². The third-order valence-corrected chi connectivity index (χ3v) is 4.71. The molecule has 0 saturated carbocycles. The third-order valence-electron chi connectivity index (χ3n) is 4.49. The molecule has 1 fully saturated rings. The van der Waals surface area contributed by atoms with E-state index in [0.717, 1.165) is 5.69 Å². The lowest BCUT2D eigenvalue weighted by atomic mass is 10.1. The maximum absolute atomic E-state index is 5.44. The maximum Gasteiger partial charge on any atom is 0.171 e. The summed E-state index contributed by atoms with van der Waals surface area (Å²) >= 11 is 5.44. The van der Waals surface area contributed by atoms with Gasteiger partial charge in [-0.25, -0.2) is 0 Å². The van der Waals surface area contributed by atoms with Crippen LogP contribution in [0.1, 0.15) is 36.9 Å². The average Bonchev–Trinajstić information content (AvgIpc) is 3.09. The van der Waals surface area contributed by atoms with Crippen molar-refractivity contribution < 1.29 is 0 Å². The maximum atomic E-state index is 5.44. The van der Waals surface area contributed by atoms with Gasteiger partial charge in [0, 0.05) is 24.5 Å². The van der Waals surface area contributed by atoms with E-state index >= 15 is 0 Å². The second-order valence-electron chi connectivity index (χ2n) is 6.48. The van der Waals surface area contributed by atoms with Crippen molar-refractivity contribution in [1.82, 2.24) is 5.32 Å². The predicted molar refractivity (Wildman–Crippen MR) is 107 cm³/mol. The summed E-state index contributed by atoms with van der Waals surface area (Å²) in [4.78, 5) is 2.45. The van der Waals surface area contributed by atoms with Crippen molar-refractivity contribution in [3.63, 3.8) is 0 Å². The topological polar surface area (TPSA) is 27.3 Å². The Kier molecular flexibility index (Phi) is 5.36. The van der Waals surface area contributed by atoms with Crippen LogP contribution in [0.2, 0.25) is 0 Å². The molecule has 3 rings (SSSR count). The molecule has 0 unspecified atom stereocenters. The first-order valence-electron chi connectivity index (χ1n) is 8.61. The van der Waals surface area contributed by atoms with Crippen molar-refractivity contribution in [2.45, 2.75) is 32.7 Å². The highest BCUT2D eigenvalue weighted by Gasteiger charge is 2.13. The number of nitrogens with zero attached hydrogens (tertiary/aromatic N) is 1.